The molecule has 3 aromatic carbocycles. The summed E-state index contributed by atoms with van der Waals surface area (Å²) in [5.74, 6) is 0.461. The van der Waals surface area contributed by atoms with Gasteiger partial charge in [-0.05, 0) is 29.0 Å². The van der Waals surface area contributed by atoms with Crippen molar-refractivity contribution in [1.29, 1.82) is 0 Å². The highest BCUT2D eigenvalue weighted by atomic mass is 16.3. The minimum absolute atomic E-state index is 0.101. The molecule has 2 nitrogen and oxygen atoms in total. The van der Waals surface area contributed by atoms with Crippen molar-refractivity contribution in [2.75, 3.05) is 0 Å². The van der Waals surface area contributed by atoms with Crippen molar-refractivity contribution >= 4 is 0 Å². The van der Waals surface area contributed by atoms with Crippen LogP contribution in [0.4, 0.5) is 0 Å². The van der Waals surface area contributed by atoms with E-state index in [0.717, 1.165) is 0 Å². The third kappa shape index (κ3) is 4.29. The first kappa shape index (κ1) is 19.9. The first-order chi connectivity index (χ1) is 14.1. The minimum atomic E-state index is -0.790. The Labute approximate surface area is 174 Å². The molecule has 1 saturated heterocycles. The lowest BCUT2D eigenvalue weighted by Gasteiger charge is -2.51. The van der Waals surface area contributed by atoms with Crippen molar-refractivity contribution in [2.45, 2.75) is 44.4 Å². The van der Waals surface area contributed by atoms with Crippen molar-refractivity contribution in [3.63, 3.8) is 0 Å². The molecule has 0 amide bonds. The summed E-state index contributed by atoms with van der Waals surface area (Å²) in [6, 6.07) is 31.8. The molecule has 1 aliphatic heterocycles. The molecule has 2 heteroatoms. The van der Waals surface area contributed by atoms with Crippen LogP contribution in [0.25, 0.3) is 0 Å². The average Bonchev–Trinajstić information content (AvgIpc) is 2.74. The maximum absolute atomic E-state index is 12.2. The lowest BCUT2D eigenvalue weighted by Crippen LogP contribution is -2.56. The Bertz CT molecular complexity index is 894. The van der Waals surface area contributed by atoms with Gasteiger partial charge in [0.25, 0.3) is 0 Å². The van der Waals surface area contributed by atoms with Crippen LogP contribution in [-0.2, 0) is 6.42 Å². The van der Waals surface area contributed by atoms with Crippen LogP contribution >= 0.6 is 0 Å². The molecule has 1 aliphatic rings. The minimum Gasteiger partial charge on any atom is -0.389 e. The number of rotatable bonds is 5. The molecule has 4 rings (SSSR count). The summed E-state index contributed by atoms with van der Waals surface area (Å²) in [5, 5.41) is 16.1. The van der Waals surface area contributed by atoms with E-state index in [-0.39, 0.29) is 18.0 Å². The highest BCUT2D eigenvalue weighted by Crippen LogP contribution is 2.47. The average molecular weight is 386 g/mol. The summed E-state index contributed by atoms with van der Waals surface area (Å²) in [5.41, 5.74) is 2.89. The second-order valence-corrected chi connectivity index (χ2v) is 8.76. The van der Waals surface area contributed by atoms with Gasteiger partial charge in [0.05, 0.1) is 5.60 Å². The summed E-state index contributed by atoms with van der Waals surface area (Å²) in [4.78, 5) is 0. The fourth-order valence-electron chi connectivity index (χ4n) is 5.19. The van der Waals surface area contributed by atoms with Gasteiger partial charge in [-0.2, -0.15) is 0 Å². The van der Waals surface area contributed by atoms with E-state index in [1.165, 1.54) is 16.7 Å². The first-order valence-electron chi connectivity index (χ1n) is 10.7. The number of hydrogen-bond donors (Lipinski definition) is 2. The van der Waals surface area contributed by atoms with Crippen LogP contribution in [0.5, 0.6) is 0 Å². The quantitative estimate of drug-likeness (QED) is 0.590. The van der Waals surface area contributed by atoms with Gasteiger partial charge in [-0.1, -0.05) is 105 Å². The molecule has 1 fully saturated rings. The summed E-state index contributed by atoms with van der Waals surface area (Å²) in [6.45, 7) is 4.47. The Hall–Kier alpha value is -2.42. The Kier molecular flexibility index (Phi) is 5.84. The predicted octanol–water partition coefficient (Wildman–Crippen LogP) is 5.71. The summed E-state index contributed by atoms with van der Waals surface area (Å²) >= 11 is 0. The van der Waals surface area contributed by atoms with Gasteiger partial charge in [0, 0.05) is 24.4 Å². The van der Waals surface area contributed by atoms with Gasteiger partial charge in [0.2, 0.25) is 0 Å². The zero-order chi connectivity index (χ0) is 20.3. The third-order valence-corrected chi connectivity index (χ3v) is 6.35. The van der Waals surface area contributed by atoms with Gasteiger partial charge >= 0.3 is 0 Å². The van der Waals surface area contributed by atoms with E-state index in [2.05, 4.69) is 98.0 Å². The molecule has 1 heterocycles. The number of benzene rings is 3. The molecular formula is C27H31NO. The zero-order valence-electron chi connectivity index (χ0n) is 17.3. The molecule has 0 radical (unpaired) electrons. The lowest BCUT2D eigenvalue weighted by molar-refractivity contribution is -0.0920. The van der Waals surface area contributed by atoms with Crippen LogP contribution in [0.3, 0.4) is 0 Å². The fraction of sp³-hybridized carbons (Fsp3) is 0.333. The Morgan fingerprint density at radius 1 is 0.828 bits per heavy atom. The monoisotopic (exact) mass is 385 g/mol. The maximum Gasteiger partial charge on any atom is 0.0754 e. The van der Waals surface area contributed by atoms with Crippen molar-refractivity contribution in [3.05, 3.63) is 108 Å². The number of piperidine rings is 1. The van der Waals surface area contributed by atoms with Crippen LogP contribution in [0.2, 0.25) is 0 Å². The molecule has 2 N–H and O–H groups in total. The van der Waals surface area contributed by atoms with Crippen molar-refractivity contribution in [2.24, 2.45) is 11.8 Å². The maximum atomic E-state index is 12.2. The molecule has 29 heavy (non-hydrogen) atoms. The molecule has 0 bridgehead atoms. The van der Waals surface area contributed by atoms with Gasteiger partial charge in [-0.15, -0.1) is 0 Å². The highest BCUT2D eigenvalue weighted by molar-refractivity contribution is 5.29. The van der Waals surface area contributed by atoms with Crippen LogP contribution in [0.1, 0.15) is 49.0 Å². The largest absolute Gasteiger partial charge is 0.389 e. The van der Waals surface area contributed by atoms with Crippen LogP contribution in [-0.4, -0.2) is 10.7 Å². The summed E-state index contributed by atoms with van der Waals surface area (Å²) in [7, 11) is 0. The van der Waals surface area contributed by atoms with Gasteiger partial charge in [-0.25, -0.2) is 0 Å². The Balaban J connectivity index is 1.77. The van der Waals surface area contributed by atoms with Gasteiger partial charge in [0.15, 0.2) is 0 Å². The van der Waals surface area contributed by atoms with Crippen molar-refractivity contribution < 1.29 is 5.11 Å². The number of aliphatic hydroxyl groups is 1. The second kappa shape index (κ2) is 8.52. The van der Waals surface area contributed by atoms with Crippen LogP contribution in [0, 0.1) is 11.8 Å². The summed E-state index contributed by atoms with van der Waals surface area (Å²) < 4.78 is 0. The molecular weight excluding hydrogens is 354 g/mol. The molecule has 4 atom stereocenters. The van der Waals surface area contributed by atoms with E-state index in [1.807, 2.05) is 12.1 Å². The van der Waals surface area contributed by atoms with E-state index in [4.69, 9.17) is 0 Å². The fourth-order valence-corrected chi connectivity index (χ4v) is 5.19. The van der Waals surface area contributed by atoms with E-state index in [9.17, 15) is 5.11 Å². The van der Waals surface area contributed by atoms with E-state index < -0.39 is 5.60 Å². The zero-order valence-corrected chi connectivity index (χ0v) is 17.3. The molecule has 0 saturated carbocycles. The van der Waals surface area contributed by atoms with Gasteiger partial charge < -0.3 is 10.4 Å². The molecule has 0 aliphatic carbocycles. The molecule has 0 spiro atoms. The molecule has 0 aromatic heterocycles. The van der Waals surface area contributed by atoms with E-state index in [1.54, 1.807) is 0 Å². The standard InChI is InChI=1S/C27H31NO/c1-20(2)25-26(23-16-10-5-11-17-23)28-24(22-14-8-4-9-15-22)19-27(25,29)18-21-12-6-3-7-13-21/h3-17,20,24-26,28-29H,18-19H2,1-2H3/t24-,25-,26+,27-/m1/s1. The summed E-state index contributed by atoms with van der Waals surface area (Å²) in [6.07, 6.45) is 1.38. The van der Waals surface area contributed by atoms with Gasteiger partial charge in [-0.3, -0.25) is 0 Å². The topological polar surface area (TPSA) is 32.3 Å². The van der Waals surface area contributed by atoms with Crippen molar-refractivity contribution in [1.82, 2.24) is 5.32 Å². The van der Waals surface area contributed by atoms with Crippen LogP contribution in [0.15, 0.2) is 91.0 Å². The predicted molar refractivity (Wildman–Crippen MR) is 120 cm³/mol. The number of hydrogen-bond acceptors (Lipinski definition) is 2. The number of nitrogens with one attached hydrogen (secondary N) is 1. The van der Waals surface area contributed by atoms with Crippen molar-refractivity contribution in [3.8, 4) is 0 Å². The first-order valence-corrected chi connectivity index (χ1v) is 10.7. The molecule has 3 aromatic rings. The SMILES string of the molecule is CC(C)[C@@H]1[C@H](c2ccccc2)N[C@@H](c2ccccc2)C[C@]1(O)Cc1ccccc1. The van der Waals surface area contributed by atoms with Gasteiger partial charge in [0.1, 0.15) is 0 Å². The molecule has 150 valence electrons. The third-order valence-electron chi connectivity index (χ3n) is 6.35. The van der Waals surface area contributed by atoms with E-state index >= 15 is 0 Å². The Morgan fingerprint density at radius 2 is 1.34 bits per heavy atom. The second-order valence-electron chi connectivity index (χ2n) is 8.76. The van der Waals surface area contributed by atoms with Crippen LogP contribution < -0.4 is 5.32 Å². The lowest BCUT2D eigenvalue weighted by atomic mass is 9.64. The normalized spacial score (nSPS) is 27.1. The Morgan fingerprint density at radius 3 is 1.90 bits per heavy atom. The highest BCUT2D eigenvalue weighted by Gasteiger charge is 2.49. The smallest absolute Gasteiger partial charge is 0.0754 e. The van der Waals surface area contributed by atoms with E-state index in [0.29, 0.717) is 18.8 Å². The molecule has 0 unspecified atom stereocenters.